The van der Waals surface area contributed by atoms with E-state index in [0.29, 0.717) is 0 Å². The third kappa shape index (κ3) is 7.41. The normalized spacial score (nSPS) is 19.3. The standard InChI is InChI=1S/C11H23NO7/c1-6(14)11(18)8(12-7(2)15)4-19-5-10(17)9(16)3-13/h6,8-11,13-14,16-18H,3-5H2,1-2H3,(H,12,15)/t6-,8+,9?,10?,11-/m1/s1. The summed E-state index contributed by atoms with van der Waals surface area (Å²) in [4.78, 5) is 11.0. The Balaban J connectivity index is 4.23. The fraction of sp³-hybridized carbons (Fsp3) is 0.909. The molecule has 114 valence electrons. The van der Waals surface area contributed by atoms with Crippen LogP contribution in [-0.4, -0.2) is 81.7 Å². The van der Waals surface area contributed by atoms with Crippen LogP contribution < -0.4 is 5.32 Å². The molecule has 0 aromatic heterocycles. The van der Waals surface area contributed by atoms with Gasteiger partial charge < -0.3 is 35.6 Å². The molecule has 0 aliphatic carbocycles. The van der Waals surface area contributed by atoms with Crippen LogP contribution in [0, 0.1) is 0 Å². The van der Waals surface area contributed by atoms with Crippen LogP contribution >= 0.6 is 0 Å². The molecule has 0 rings (SSSR count). The van der Waals surface area contributed by atoms with E-state index in [1.807, 2.05) is 0 Å². The Morgan fingerprint density at radius 3 is 2.16 bits per heavy atom. The lowest BCUT2D eigenvalue weighted by molar-refractivity contribution is -0.122. The number of hydrogen-bond acceptors (Lipinski definition) is 7. The highest BCUT2D eigenvalue weighted by Gasteiger charge is 2.25. The van der Waals surface area contributed by atoms with Crippen molar-refractivity contribution in [2.75, 3.05) is 19.8 Å². The lowest BCUT2D eigenvalue weighted by Crippen LogP contribution is -2.50. The first-order valence-electron chi connectivity index (χ1n) is 5.97. The Hall–Kier alpha value is -0.770. The summed E-state index contributed by atoms with van der Waals surface area (Å²) < 4.78 is 5.05. The number of carbonyl (C=O) groups is 1. The van der Waals surface area contributed by atoms with Crippen molar-refractivity contribution in [1.82, 2.24) is 5.32 Å². The Morgan fingerprint density at radius 2 is 1.74 bits per heavy atom. The molecular formula is C11H23NO7. The maximum absolute atomic E-state index is 11.0. The van der Waals surface area contributed by atoms with Gasteiger partial charge >= 0.3 is 0 Å². The molecule has 0 aromatic rings. The van der Waals surface area contributed by atoms with Crippen molar-refractivity contribution in [2.24, 2.45) is 0 Å². The second-order valence-electron chi connectivity index (χ2n) is 4.39. The molecule has 0 aliphatic rings. The Morgan fingerprint density at radius 1 is 1.16 bits per heavy atom. The van der Waals surface area contributed by atoms with Gasteiger partial charge in [-0.15, -0.1) is 0 Å². The van der Waals surface area contributed by atoms with Crippen molar-refractivity contribution in [1.29, 1.82) is 0 Å². The maximum atomic E-state index is 11.0. The summed E-state index contributed by atoms with van der Waals surface area (Å²) in [6, 6.07) is -0.837. The van der Waals surface area contributed by atoms with Crippen LogP contribution in [0.4, 0.5) is 0 Å². The van der Waals surface area contributed by atoms with Gasteiger partial charge in [0.25, 0.3) is 0 Å². The van der Waals surface area contributed by atoms with Gasteiger partial charge in [0.1, 0.15) is 18.3 Å². The molecule has 0 heterocycles. The minimum atomic E-state index is -1.32. The molecule has 0 fully saturated rings. The number of aliphatic hydroxyl groups is 5. The highest BCUT2D eigenvalue weighted by Crippen LogP contribution is 2.02. The third-order valence-electron chi connectivity index (χ3n) is 2.51. The van der Waals surface area contributed by atoms with Gasteiger partial charge in [-0.25, -0.2) is 0 Å². The number of amides is 1. The van der Waals surface area contributed by atoms with Gasteiger partial charge in [-0.3, -0.25) is 4.79 Å². The number of carbonyl (C=O) groups excluding carboxylic acids is 1. The molecule has 8 nitrogen and oxygen atoms in total. The van der Waals surface area contributed by atoms with Crippen LogP contribution in [0.15, 0.2) is 0 Å². The second-order valence-corrected chi connectivity index (χ2v) is 4.39. The van der Waals surface area contributed by atoms with Gasteiger partial charge in [0.05, 0.1) is 32.0 Å². The van der Waals surface area contributed by atoms with Crippen molar-refractivity contribution in [3.63, 3.8) is 0 Å². The summed E-state index contributed by atoms with van der Waals surface area (Å²) in [5.74, 6) is -0.399. The molecule has 0 spiro atoms. The van der Waals surface area contributed by atoms with E-state index in [9.17, 15) is 20.1 Å². The summed E-state index contributed by atoms with van der Waals surface area (Å²) >= 11 is 0. The Bertz CT molecular complexity index is 261. The van der Waals surface area contributed by atoms with Crippen molar-refractivity contribution in [3.05, 3.63) is 0 Å². The minimum absolute atomic E-state index is 0.152. The first-order chi connectivity index (χ1) is 8.79. The molecule has 0 aliphatic heterocycles. The van der Waals surface area contributed by atoms with Gasteiger partial charge in [-0.2, -0.15) is 0 Å². The zero-order valence-electron chi connectivity index (χ0n) is 11.1. The molecule has 8 heteroatoms. The summed E-state index contributed by atoms with van der Waals surface area (Å²) in [5, 5.41) is 48.3. The summed E-state index contributed by atoms with van der Waals surface area (Å²) in [5.41, 5.74) is 0. The monoisotopic (exact) mass is 281 g/mol. The average Bonchev–Trinajstić information content (AvgIpc) is 2.34. The molecule has 0 aromatic carbocycles. The number of ether oxygens (including phenoxy) is 1. The molecule has 0 saturated carbocycles. The SMILES string of the molecule is CC(=O)N[C@@H](COCC(O)C(O)CO)[C@H](O)[C@@H](C)O. The highest BCUT2D eigenvalue weighted by molar-refractivity contribution is 5.73. The predicted molar refractivity (Wildman–Crippen MR) is 65.2 cm³/mol. The summed E-state index contributed by atoms with van der Waals surface area (Å²) in [6.07, 6.45) is -4.87. The minimum Gasteiger partial charge on any atom is -0.394 e. The molecule has 0 bridgehead atoms. The van der Waals surface area contributed by atoms with Crippen LogP contribution in [0.5, 0.6) is 0 Å². The molecular weight excluding hydrogens is 258 g/mol. The molecule has 2 unspecified atom stereocenters. The van der Waals surface area contributed by atoms with Crippen molar-refractivity contribution >= 4 is 5.91 Å². The van der Waals surface area contributed by atoms with Gasteiger partial charge in [-0.05, 0) is 6.92 Å². The first-order valence-corrected chi connectivity index (χ1v) is 5.97. The summed E-state index contributed by atoms with van der Waals surface area (Å²) in [7, 11) is 0. The van der Waals surface area contributed by atoms with Gasteiger partial charge in [0, 0.05) is 6.92 Å². The number of rotatable bonds is 9. The zero-order valence-corrected chi connectivity index (χ0v) is 11.1. The number of aliphatic hydroxyl groups excluding tert-OH is 5. The molecule has 1 amide bonds. The second kappa shape index (κ2) is 9.18. The van der Waals surface area contributed by atoms with Gasteiger partial charge in [0.2, 0.25) is 5.91 Å². The fourth-order valence-corrected chi connectivity index (χ4v) is 1.37. The summed E-state index contributed by atoms with van der Waals surface area (Å²) in [6.45, 7) is 1.59. The fourth-order valence-electron chi connectivity index (χ4n) is 1.37. The lowest BCUT2D eigenvalue weighted by atomic mass is 10.1. The highest BCUT2D eigenvalue weighted by atomic mass is 16.5. The van der Waals surface area contributed by atoms with E-state index in [2.05, 4.69) is 5.32 Å². The van der Waals surface area contributed by atoms with Crippen molar-refractivity contribution in [2.45, 2.75) is 44.3 Å². The smallest absolute Gasteiger partial charge is 0.217 e. The van der Waals surface area contributed by atoms with E-state index < -0.39 is 43.0 Å². The van der Waals surface area contributed by atoms with Crippen molar-refractivity contribution in [3.8, 4) is 0 Å². The molecule has 19 heavy (non-hydrogen) atoms. The third-order valence-corrected chi connectivity index (χ3v) is 2.51. The number of nitrogens with one attached hydrogen (secondary N) is 1. The molecule has 0 radical (unpaired) electrons. The van der Waals surface area contributed by atoms with Gasteiger partial charge in [0.15, 0.2) is 0 Å². The van der Waals surface area contributed by atoms with Crippen LogP contribution in [0.1, 0.15) is 13.8 Å². The molecule has 0 saturated heterocycles. The average molecular weight is 281 g/mol. The van der Waals surface area contributed by atoms with Crippen LogP contribution in [-0.2, 0) is 9.53 Å². The van der Waals surface area contributed by atoms with Crippen LogP contribution in [0.2, 0.25) is 0 Å². The van der Waals surface area contributed by atoms with E-state index in [-0.39, 0.29) is 13.2 Å². The topological polar surface area (TPSA) is 139 Å². The number of hydrogen-bond donors (Lipinski definition) is 6. The van der Waals surface area contributed by atoms with E-state index >= 15 is 0 Å². The molecule has 6 N–H and O–H groups in total. The quantitative estimate of drug-likeness (QED) is 0.264. The predicted octanol–water partition coefficient (Wildman–Crippen LogP) is -3.04. The van der Waals surface area contributed by atoms with E-state index in [1.165, 1.54) is 13.8 Å². The first kappa shape index (κ1) is 18.2. The lowest BCUT2D eigenvalue weighted by Gasteiger charge is -2.26. The Labute approximate surface area is 111 Å². The van der Waals surface area contributed by atoms with Gasteiger partial charge in [-0.1, -0.05) is 0 Å². The van der Waals surface area contributed by atoms with Crippen molar-refractivity contribution < 1.29 is 35.1 Å². The van der Waals surface area contributed by atoms with Crippen LogP contribution in [0.25, 0.3) is 0 Å². The van der Waals surface area contributed by atoms with E-state index in [0.717, 1.165) is 0 Å². The largest absolute Gasteiger partial charge is 0.394 e. The Kier molecular flexibility index (Phi) is 8.81. The molecule has 5 atom stereocenters. The zero-order chi connectivity index (χ0) is 15.0. The van der Waals surface area contributed by atoms with E-state index in [4.69, 9.17) is 14.9 Å². The maximum Gasteiger partial charge on any atom is 0.217 e. The van der Waals surface area contributed by atoms with E-state index in [1.54, 1.807) is 0 Å². The van der Waals surface area contributed by atoms with Crippen LogP contribution in [0.3, 0.4) is 0 Å².